The lowest BCUT2D eigenvalue weighted by atomic mass is 9.97. The highest BCUT2D eigenvalue weighted by molar-refractivity contribution is 5.14. The van der Waals surface area contributed by atoms with E-state index >= 15 is 0 Å². The topological polar surface area (TPSA) is 0 Å². The Morgan fingerprint density at radius 1 is 1.08 bits per heavy atom. The van der Waals surface area contributed by atoms with E-state index in [-0.39, 0.29) is 0 Å². The zero-order valence-corrected chi connectivity index (χ0v) is 8.79. The van der Waals surface area contributed by atoms with Gasteiger partial charge < -0.3 is 0 Å². The van der Waals surface area contributed by atoms with E-state index in [4.69, 9.17) is 0 Å². The van der Waals surface area contributed by atoms with Gasteiger partial charge in [0.2, 0.25) is 0 Å². The van der Waals surface area contributed by atoms with Crippen LogP contribution in [0.2, 0.25) is 0 Å². The van der Waals surface area contributed by atoms with Crippen LogP contribution < -0.4 is 0 Å². The van der Waals surface area contributed by atoms with Crippen molar-refractivity contribution in [1.82, 2.24) is 0 Å². The molecular weight excluding hydrogens is 156 g/mol. The van der Waals surface area contributed by atoms with E-state index in [2.05, 4.69) is 44.2 Å². The van der Waals surface area contributed by atoms with Gasteiger partial charge in [0.05, 0.1) is 0 Å². The van der Waals surface area contributed by atoms with E-state index in [1.807, 2.05) is 0 Å². The molecule has 0 spiro atoms. The lowest BCUT2D eigenvalue weighted by Crippen LogP contribution is -1.96. The van der Waals surface area contributed by atoms with Crippen LogP contribution in [-0.4, -0.2) is 0 Å². The largest absolute Gasteiger partial charge is 0.0654 e. The van der Waals surface area contributed by atoms with Crippen LogP contribution in [0.3, 0.4) is 0 Å². The quantitative estimate of drug-likeness (QED) is 0.634. The van der Waals surface area contributed by atoms with E-state index in [1.165, 1.54) is 31.2 Å². The summed E-state index contributed by atoms with van der Waals surface area (Å²) in [5.41, 5.74) is 1.48. The summed E-state index contributed by atoms with van der Waals surface area (Å²) in [6, 6.07) is 10.8. The number of aryl methyl sites for hydroxylation is 1. The Balaban J connectivity index is 2.27. The molecule has 1 aromatic rings. The second-order valence-corrected chi connectivity index (χ2v) is 3.92. The molecule has 0 saturated heterocycles. The molecule has 0 aliphatic heterocycles. The molecule has 0 aromatic heterocycles. The van der Waals surface area contributed by atoms with Gasteiger partial charge in [-0.05, 0) is 24.3 Å². The monoisotopic (exact) mass is 176 g/mol. The standard InChI is InChI=1S/C13H20/c1-3-7-12(2)10-11-13-8-5-4-6-9-13/h4-6,8-9,12H,3,7,10-11H2,1-2H3/t12-/m1/s1. The second kappa shape index (κ2) is 5.80. The second-order valence-electron chi connectivity index (χ2n) is 3.92. The van der Waals surface area contributed by atoms with Crippen LogP contribution in [0.4, 0.5) is 0 Å². The first kappa shape index (κ1) is 10.3. The normalized spacial score (nSPS) is 12.8. The smallest absolute Gasteiger partial charge is 0.0276 e. The molecule has 0 unspecified atom stereocenters. The molecule has 0 radical (unpaired) electrons. The molecule has 13 heavy (non-hydrogen) atoms. The van der Waals surface area contributed by atoms with Crippen LogP contribution in [0.25, 0.3) is 0 Å². The van der Waals surface area contributed by atoms with Gasteiger partial charge in [-0.3, -0.25) is 0 Å². The van der Waals surface area contributed by atoms with Crippen molar-refractivity contribution in [2.24, 2.45) is 5.92 Å². The van der Waals surface area contributed by atoms with Crippen LogP contribution in [0.15, 0.2) is 30.3 Å². The maximum Gasteiger partial charge on any atom is -0.0276 e. The molecular formula is C13H20. The van der Waals surface area contributed by atoms with Crippen molar-refractivity contribution in [3.05, 3.63) is 35.9 Å². The van der Waals surface area contributed by atoms with Gasteiger partial charge in [0.25, 0.3) is 0 Å². The number of hydrogen-bond donors (Lipinski definition) is 0. The van der Waals surface area contributed by atoms with Crippen molar-refractivity contribution in [1.29, 1.82) is 0 Å². The molecule has 0 N–H and O–H groups in total. The molecule has 1 rings (SSSR count). The van der Waals surface area contributed by atoms with Gasteiger partial charge in [-0.2, -0.15) is 0 Å². The van der Waals surface area contributed by atoms with Gasteiger partial charge in [-0.25, -0.2) is 0 Å². The van der Waals surface area contributed by atoms with E-state index in [0.717, 1.165) is 5.92 Å². The highest BCUT2D eigenvalue weighted by Gasteiger charge is 2.00. The van der Waals surface area contributed by atoms with Crippen LogP contribution in [0, 0.1) is 5.92 Å². The minimum atomic E-state index is 0.880. The van der Waals surface area contributed by atoms with E-state index in [9.17, 15) is 0 Å². The van der Waals surface area contributed by atoms with Crippen molar-refractivity contribution in [2.75, 3.05) is 0 Å². The van der Waals surface area contributed by atoms with Gasteiger partial charge in [0, 0.05) is 0 Å². The predicted molar refractivity (Wildman–Crippen MR) is 58.8 cm³/mol. The number of hydrogen-bond acceptors (Lipinski definition) is 0. The molecule has 0 amide bonds. The van der Waals surface area contributed by atoms with Gasteiger partial charge >= 0.3 is 0 Å². The summed E-state index contributed by atoms with van der Waals surface area (Å²) in [6.45, 7) is 4.62. The average molecular weight is 176 g/mol. The van der Waals surface area contributed by atoms with Crippen molar-refractivity contribution >= 4 is 0 Å². The zero-order valence-electron chi connectivity index (χ0n) is 8.79. The Bertz CT molecular complexity index is 213. The Morgan fingerprint density at radius 2 is 1.77 bits per heavy atom. The summed E-state index contributed by atoms with van der Waals surface area (Å²) in [7, 11) is 0. The third-order valence-electron chi connectivity index (χ3n) is 2.55. The van der Waals surface area contributed by atoms with E-state index in [0.29, 0.717) is 0 Å². The highest BCUT2D eigenvalue weighted by atomic mass is 14.1. The van der Waals surface area contributed by atoms with Crippen LogP contribution in [0.5, 0.6) is 0 Å². The number of benzene rings is 1. The Kier molecular flexibility index (Phi) is 4.59. The fourth-order valence-electron chi connectivity index (χ4n) is 1.69. The van der Waals surface area contributed by atoms with Crippen molar-refractivity contribution in [3.8, 4) is 0 Å². The third kappa shape index (κ3) is 4.12. The Morgan fingerprint density at radius 3 is 2.38 bits per heavy atom. The van der Waals surface area contributed by atoms with E-state index in [1.54, 1.807) is 0 Å². The summed E-state index contributed by atoms with van der Waals surface area (Å²) >= 11 is 0. The zero-order chi connectivity index (χ0) is 9.52. The summed E-state index contributed by atoms with van der Waals surface area (Å²) < 4.78 is 0. The Labute approximate surface area is 82.0 Å². The van der Waals surface area contributed by atoms with Crippen molar-refractivity contribution in [2.45, 2.75) is 39.5 Å². The Hall–Kier alpha value is -0.780. The fourth-order valence-corrected chi connectivity index (χ4v) is 1.69. The summed E-state index contributed by atoms with van der Waals surface area (Å²) in [5, 5.41) is 0. The minimum absolute atomic E-state index is 0.880. The highest BCUT2D eigenvalue weighted by Crippen LogP contribution is 2.13. The molecule has 0 heterocycles. The van der Waals surface area contributed by atoms with Crippen molar-refractivity contribution in [3.63, 3.8) is 0 Å². The lowest BCUT2D eigenvalue weighted by molar-refractivity contribution is 0.486. The SMILES string of the molecule is CCC[C@@H](C)CCc1ccccc1. The molecule has 1 atom stereocenters. The van der Waals surface area contributed by atoms with Gasteiger partial charge in [0.15, 0.2) is 0 Å². The van der Waals surface area contributed by atoms with Gasteiger partial charge in [-0.1, -0.05) is 57.0 Å². The lowest BCUT2D eigenvalue weighted by Gasteiger charge is -2.09. The first-order valence-electron chi connectivity index (χ1n) is 5.37. The third-order valence-corrected chi connectivity index (χ3v) is 2.55. The van der Waals surface area contributed by atoms with Crippen LogP contribution in [-0.2, 0) is 6.42 Å². The van der Waals surface area contributed by atoms with E-state index < -0.39 is 0 Å². The van der Waals surface area contributed by atoms with Crippen LogP contribution >= 0.6 is 0 Å². The molecule has 72 valence electrons. The molecule has 0 saturated carbocycles. The van der Waals surface area contributed by atoms with Crippen molar-refractivity contribution < 1.29 is 0 Å². The molecule has 0 aliphatic rings. The molecule has 1 aromatic carbocycles. The maximum absolute atomic E-state index is 2.35. The van der Waals surface area contributed by atoms with Gasteiger partial charge in [0.1, 0.15) is 0 Å². The molecule has 0 heteroatoms. The maximum atomic E-state index is 2.35. The molecule has 0 aliphatic carbocycles. The van der Waals surface area contributed by atoms with Gasteiger partial charge in [-0.15, -0.1) is 0 Å². The summed E-state index contributed by atoms with van der Waals surface area (Å²) in [6.07, 6.45) is 5.25. The molecule has 0 fully saturated rings. The summed E-state index contributed by atoms with van der Waals surface area (Å²) in [4.78, 5) is 0. The molecule has 0 nitrogen and oxygen atoms in total. The summed E-state index contributed by atoms with van der Waals surface area (Å²) in [5.74, 6) is 0.880. The fraction of sp³-hybridized carbons (Fsp3) is 0.538. The number of rotatable bonds is 5. The minimum Gasteiger partial charge on any atom is -0.0654 e. The average Bonchev–Trinajstić information content (AvgIpc) is 2.17. The first-order chi connectivity index (χ1) is 6.33. The first-order valence-corrected chi connectivity index (χ1v) is 5.37. The predicted octanol–water partition coefficient (Wildman–Crippen LogP) is 4.06. The van der Waals surface area contributed by atoms with Crippen LogP contribution in [0.1, 0.15) is 38.7 Å². The molecule has 0 bridgehead atoms.